The van der Waals surface area contributed by atoms with Crippen LogP contribution in [0.1, 0.15) is 29.7 Å². The molecule has 178 valence electrons. The van der Waals surface area contributed by atoms with Crippen molar-refractivity contribution >= 4 is 17.4 Å². The lowest BCUT2D eigenvalue weighted by molar-refractivity contribution is -0.140. The van der Waals surface area contributed by atoms with Gasteiger partial charge in [0.1, 0.15) is 23.4 Å². The Bertz CT molecular complexity index is 1150. The van der Waals surface area contributed by atoms with Crippen molar-refractivity contribution in [1.82, 2.24) is 9.80 Å². The highest BCUT2D eigenvalue weighted by Gasteiger charge is 2.46. The number of aromatic hydroxyl groups is 1. The zero-order valence-corrected chi connectivity index (χ0v) is 19.1. The van der Waals surface area contributed by atoms with Gasteiger partial charge in [-0.3, -0.25) is 14.5 Å². The molecule has 1 amide bonds. The third-order valence-corrected chi connectivity index (χ3v) is 6.66. The molecule has 3 heterocycles. The Hall–Kier alpha value is -3.36. The number of nitrogens with zero attached hydrogens (tertiary/aromatic N) is 2. The molecule has 5 rings (SSSR count). The molecule has 0 aromatic heterocycles. The van der Waals surface area contributed by atoms with Gasteiger partial charge in [-0.05, 0) is 48.4 Å². The largest absolute Gasteiger partial charge is 0.508 e. The molecule has 0 saturated carbocycles. The number of benzene rings is 2. The van der Waals surface area contributed by atoms with Crippen LogP contribution in [0.4, 0.5) is 0 Å². The summed E-state index contributed by atoms with van der Waals surface area (Å²) in [6.07, 6.45) is 0.755. The first-order valence-corrected chi connectivity index (χ1v) is 11.6. The number of aliphatic hydroxyl groups is 1. The Morgan fingerprint density at radius 2 is 1.88 bits per heavy atom. The first-order valence-electron chi connectivity index (χ1n) is 11.6. The van der Waals surface area contributed by atoms with Crippen LogP contribution in [0.25, 0.3) is 5.76 Å². The minimum Gasteiger partial charge on any atom is -0.508 e. The van der Waals surface area contributed by atoms with Crippen LogP contribution >= 0.6 is 0 Å². The molecule has 0 radical (unpaired) electrons. The summed E-state index contributed by atoms with van der Waals surface area (Å²) >= 11 is 0. The quantitative estimate of drug-likeness (QED) is 0.398. The van der Waals surface area contributed by atoms with Crippen LogP contribution in [-0.4, -0.2) is 77.2 Å². The molecule has 34 heavy (non-hydrogen) atoms. The smallest absolute Gasteiger partial charge is 0.295 e. The van der Waals surface area contributed by atoms with E-state index in [9.17, 15) is 19.8 Å². The van der Waals surface area contributed by atoms with Gasteiger partial charge in [-0.25, -0.2) is 0 Å². The molecule has 0 aliphatic carbocycles. The summed E-state index contributed by atoms with van der Waals surface area (Å²) in [6, 6.07) is 11.0. The zero-order valence-electron chi connectivity index (χ0n) is 19.1. The van der Waals surface area contributed by atoms with E-state index in [1.807, 2.05) is 13.0 Å². The Morgan fingerprint density at radius 1 is 1.09 bits per heavy atom. The number of morpholine rings is 1. The number of carbonyl (C=O) groups is 2. The molecule has 2 aromatic rings. The van der Waals surface area contributed by atoms with Gasteiger partial charge >= 0.3 is 0 Å². The second-order valence-corrected chi connectivity index (χ2v) is 9.00. The van der Waals surface area contributed by atoms with Crippen molar-refractivity contribution in [2.24, 2.45) is 0 Å². The minimum atomic E-state index is -0.795. The lowest BCUT2D eigenvalue weighted by Gasteiger charge is -2.31. The van der Waals surface area contributed by atoms with E-state index in [1.165, 1.54) is 17.0 Å². The second kappa shape index (κ2) is 9.12. The summed E-state index contributed by atoms with van der Waals surface area (Å²) in [5, 5.41) is 21.4. The van der Waals surface area contributed by atoms with Crippen LogP contribution in [0.2, 0.25) is 0 Å². The molecule has 8 heteroatoms. The third kappa shape index (κ3) is 4.15. The summed E-state index contributed by atoms with van der Waals surface area (Å²) < 4.78 is 11.1. The highest BCUT2D eigenvalue weighted by atomic mass is 16.5. The lowest BCUT2D eigenvalue weighted by Crippen LogP contribution is -2.42. The van der Waals surface area contributed by atoms with Crippen LogP contribution in [0.3, 0.4) is 0 Å². The van der Waals surface area contributed by atoms with Crippen LogP contribution in [0, 0.1) is 0 Å². The summed E-state index contributed by atoms with van der Waals surface area (Å²) in [4.78, 5) is 30.0. The van der Waals surface area contributed by atoms with E-state index in [4.69, 9.17) is 9.47 Å². The average molecular weight is 465 g/mol. The molecule has 3 aliphatic rings. The normalized spacial score (nSPS) is 24.3. The second-order valence-electron chi connectivity index (χ2n) is 9.00. The van der Waals surface area contributed by atoms with Crippen LogP contribution in [0.5, 0.6) is 11.5 Å². The van der Waals surface area contributed by atoms with E-state index in [0.717, 1.165) is 24.4 Å². The fourth-order valence-corrected chi connectivity index (χ4v) is 4.95. The molecule has 0 bridgehead atoms. The van der Waals surface area contributed by atoms with Gasteiger partial charge in [0, 0.05) is 38.2 Å². The Balaban J connectivity index is 1.53. The number of ketones is 1. The van der Waals surface area contributed by atoms with Gasteiger partial charge in [0.25, 0.3) is 11.7 Å². The number of aliphatic hydroxyl groups excluding tert-OH is 1. The van der Waals surface area contributed by atoms with E-state index in [2.05, 4.69) is 4.90 Å². The lowest BCUT2D eigenvalue weighted by atomic mass is 9.94. The number of amides is 1. The maximum atomic E-state index is 13.2. The molecular formula is C26H28N2O6. The first kappa shape index (κ1) is 22.4. The molecule has 2 saturated heterocycles. The van der Waals surface area contributed by atoms with E-state index < -0.39 is 17.7 Å². The number of phenolic OH excluding ortho intramolecular Hbond substituents is 1. The fourth-order valence-electron chi connectivity index (χ4n) is 4.95. The standard InChI is InChI=1S/C26H28N2O6/c1-16-13-19-14-18(5-6-21(19)34-16)24(30)22-23(17-3-2-4-20(29)15-17)28(26(32)25(22)31)8-7-27-9-11-33-12-10-27/h2-6,14-16,23,29-30H,7-13H2,1H3/b24-22+/t16-,23-/m1/s1. The van der Waals surface area contributed by atoms with Crippen LogP contribution in [0.15, 0.2) is 48.0 Å². The number of fused-ring (bicyclic) bond motifs is 1. The van der Waals surface area contributed by atoms with Crippen molar-refractivity contribution < 1.29 is 29.3 Å². The summed E-state index contributed by atoms with van der Waals surface area (Å²) in [5.41, 5.74) is 2.02. The zero-order chi connectivity index (χ0) is 23.8. The van der Waals surface area contributed by atoms with Crippen molar-refractivity contribution in [3.05, 3.63) is 64.7 Å². The molecule has 2 aromatic carbocycles. The van der Waals surface area contributed by atoms with Gasteiger partial charge in [0.05, 0.1) is 24.8 Å². The van der Waals surface area contributed by atoms with Crippen molar-refractivity contribution in [1.29, 1.82) is 0 Å². The monoisotopic (exact) mass is 464 g/mol. The number of rotatable bonds is 5. The van der Waals surface area contributed by atoms with E-state index >= 15 is 0 Å². The molecule has 2 fully saturated rings. The predicted molar refractivity (Wildman–Crippen MR) is 125 cm³/mol. The predicted octanol–water partition coefficient (Wildman–Crippen LogP) is 2.47. The summed E-state index contributed by atoms with van der Waals surface area (Å²) in [5.74, 6) is -0.804. The average Bonchev–Trinajstić information content (AvgIpc) is 3.33. The third-order valence-electron chi connectivity index (χ3n) is 6.66. The summed E-state index contributed by atoms with van der Waals surface area (Å²) in [6.45, 7) is 5.66. The topological polar surface area (TPSA) is 99.5 Å². The highest BCUT2D eigenvalue weighted by molar-refractivity contribution is 6.46. The number of Topliss-reactive ketones (excluding diaryl/α,β-unsaturated/α-hetero) is 1. The van der Waals surface area contributed by atoms with E-state index in [0.29, 0.717) is 43.9 Å². The first-order chi connectivity index (χ1) is 16.4. The Morgan fingerprint density at radius 3 is 2.65 bits per heavy atom. The highest BCUT2D eigenvalue weighted by Crippen LogP contribution is 2.41. The van der Waals surface area contributed by atoms with Crippen molar-refractivity contribution in [2.75, 3.05) is 39.4 Å². The number of carbonyl (C=O) groups excluding carboxylic acids is 2. The minimum absolute atomic E-state index is 0.0277. The van der Waals surface area contributed by atoms with Gasteiger partial charge in [0.2, 0.25) is 0 Å². The van der Waals surface area contributed by atoms with Gasteiger partial charge < -0.3 is 24.6 Å². The number of ether oxygens (including phenoxy) is 2. The maximum absolute atomic E-state index is 13.2. The van der Waals surface area contributed by atoms with Crippen molar-refractivity contribution in [2.45, 2.75) is 25.5 Å². The molecule has 0 unspecified atom stereocenters. The fraction of sp³-hybridized carbons (Fsp3) is 0.385. The number of phenols is 1. The van der Waals surface area contributed by atoms with Crippen molar-refractivity contribution in [3.8, 4) is 11.5 Å². The molecule has 2 N–H and O–H groups in total. The van der Waals surface area contributed by atoms with E-state index in [-0.39, 0.29) is 23.2 Å². The van der Waals surface area contributed by atoms with Gasteiger partial charge in [0.15, 0.2) is 0 Å². The number of hydrogen-bond acceptors (Lipinski definition) is 7. The Labute approximate surface area is 198 Å². The number of likely N-dealkylation sites (tertiary alicyclic amines) is 1. The van der Waals surface area contributed by atoms with Crippen molar-refractivity contribution in [3.63, 3.8) is 0 Å². The molecule has 8 nitrogen and oxygen atoms in total. The molecular weight excluding hydrogens is 436 g/mol. The Kier molecular flexibility index (Phi) is 6.02. The summed E-state index contributed by atoms with van der Waals surface area (Å²) in [7, 11) is 0. The van der Waals surface area contributed by atoms with Crippen LogP contribution in [-0.2, 0) is 20.7 Å². The maximum Gasteiger partial charge on any atom is 0.295 e. The number of hydrogen-bond donors (Lipinski definition) is 2. The van der Waals surface area contributed by atoms with Gasteiger partial charge in [-0.1, -0.05) is 12.1 Å². The van der Waals surface area contributed by atoms with Crippen LogP contribution < -0.4 is 4.74 Å². The molecule has 2 atom stereocenters. The molecule has 3 aliphatic heterocycles. The van der Waals surface area contributed by atoms with Gasteiger partial charge in [-0.15, -0.1) is 0 Å². The van der Waals surface area contributed by atoms with Gasteiger partial charge in [-0.2, -0.15) is 0 Å². The van der Waals surface area contributed by atoms with E-state index in [1.54, 1.807) is 24.3 Å². The molecule has 0 spiro atoms. The SMILES string of the molecule is C[C@@H]1Cc2cc(/C(O)=C3\C(=O)C(=O)N(CCN4CCOCC4)[C@@H]3c3cccc(O)c3)ccc2O1.